The number of aldehydes is 1. The van der Waals surface area contributed by atoms with E-state index in [1.165, 1.54) is 18.2 Å². The molecule has 0 bridgehead atoms. The van der Waals surface area contributed by atoms with Crippen molar-refractivity contribution in [1.82, 2.24) is 0 Å². The minimum absolute atomic E-state index is 0.117. The molecule has 0 aliphatic carbocycles. The highest BCUT2D eigenvalue weighted by Crippen LogP contribution is 2.22. The second kappa shape index (κ2) is 6.64. The number of ether oxygens (including phenoxy) is 2. The molecule has 0 saturated heterocycles. The van der Waals surface area contributed by atoms with Gasteiger partial charge in [-0.2, -0.15) is 0 Å². The highest BCUT2D eigenvalue weighted by Gasteiger charge is 2.19. The summed E-state index contributed by atoms with van der Waals surface area (Å²) in [6, 6.07) is 4.21. The highest BCUT2D eigenvalue weighted by molar-refractivity contribution is 5.80. The SMILES string of the molecule is CCOC(=O)C(CC)Oc1ccc(O)c(C=O)c1. The molecule has 18 heavy (non-hydrogen) atoms. The van der Waals surface area contributed by atoms with E-state index >= 15 is 0 Å². The van der Waals surface area contributed by atoms with Crippen LogP contribution in [0.4, 0.5) is 0 Å². The van der Waals surface area contributed by atoms with Gasteiger partial charge in [-0.25, -0.2) is 4.79 Å². The van der Waals surface area contributed by atoms with Crippen LogP contribution < -0.4 is 4.74 Å². The van der Waals surface area contributed by atoms with Crippen LogP contribution in [0.25, 0.3) is 0 Å². The van der Waals surface area contributed by atoms with E-state index in [4.69, 9.17) is 9.47 Å². The van der Waals surface area contributed by atoms with E-state index in [1.807, 2.05) is 0 Å². The van der Waals surface area contributed by atoms with Gasteiger partial charge < -0.3 is 14.6 Å². The van der Waals surface area contributed by atoms with Gasteiger partial charge in [-0.1, -0.05) is 6.92 Å². The van der Waals surface area contributed by atoms with Gasteiger partial charge in [0, 0.05) is 0 Å². The van der Waals surface area contributed by atoms with E-state index in [1.54, 1.807) is 13.8 Å². The Hall–Kier alpha value is -2.04. The van der Waals surface area contributed by atoms with Crippen molar-refractivity contribution in [3.63, 3.8) is 0 Å². The fourth-order valence-corrected chi connectivity index (χ4v) is 1.40. The molecule has 0 aromatic heterocycles. The van der Waals surface area contributed by atoms with Crippen LogP contribution in [-0.4, -0.2) is 30.1 Å². The number of hydrogen-bond acceptors (Lipinski definition) is 5. The second-order valence-electron chi connectivity index (χ2n) is 3.61. The summed E-state index contributed by atoms with van der Waals surface area (Å²) in [5, 5.41) is 9.34. The van der Waals surface area contributed by atoms with Gasteiger partial charge >= 0.3 is 5.97 Å². The summed E-state index contributed by atoms with van der Waals surface area (Å²) in [6.07, 6.45) is 0.262. The van der Waals surface area contributed by atoms with Gasteiger partial charge in [0.05, 0.1) is 12.2 Å². The quantitative estimate of drug-likeness (QED) is 0.618. The molecule has 5 heteroatoms. The predicted molar refractivity (Wildman–Crippen MR) is 64.8 cm³/mol. The average Bonchev–Trinajstić information content (AvgIpc) is 2.37. The third-order valence-electron chi connectivity index (χ3n) is 2.32. The van der Waals surface area contributed by atoms with Gasteiger partial charge in [0.25, 0.3) is 0 Å². The molecule has 0 heterocycles. The zero-order valence-corrected chi connectivity index (χ0v) is 10.4. The van der Waals surface area contributed by atoms with Crippen molar-refractivity contribution in [2.24, 2.45) is 0 Å². The van der Waals surface area contributed by atoms with E-state index in [2.05, 4.69) is 0 Å². The Morgan fingerprint density at radius 3 is 2.72 bits per heavy atom. The first-order valence-corrected chi connectivity index (χ1v) is 5.73. The number of aromatic hydroxyl groups is 1. The number of phenols is 1. The van der Waals surface area contributed by atoms with Gasteiger partial charge in [0.1, 0.15) is 11.5 Å². The Kier molecular flexibility index (Phi) is 5.17. The number of esters is 1. The maximum absolute atomic E-state index is 11.5. The normalized spacial score (nSPS) is 11.7. The lowest BCUT2D eigenvalue weighted by atomic mass is 10.2. The molecule has 1 aromatic rings. The molecule has 1 aromatic carbocycles. The summed E-state index contributed by atoms with van der Waals surface area (Å²) in [4.78, 5) is 22.2. The largest absolute Gasteiger partial charge is 0.507 e. The standard InChI is InChI=1S/C13H16O5/c1-3-12(13(16)17-4-2)18-10-5-6-11(15)9(7-10)8-14/h5-8,12,15H,3-4H2,1-2H3. The first kappa shape index (κ1) is 14.0. The minimum Gasteiger partial charge on any atom is -0.507 e. The van der Waals surface area contributed by atoms with Crippen molar-refractivity contribution < 1.29 is 24.2 Å². The van der Waals surface area contributed by atoms with Crippen LogP contribution in [0.3, 0.4) is 0 Å². The van der Waals surface area contributed by atoms with E-state index < -0.39 is 12.1 Å². The summed E-state index contributed by atoms with van der Waals surface area (Å²) in [5.41, 5.74) is 0.117. The molecule has 0 radical (unpaired) electrons. The van der Waals surface area contributed by atoms with Crippen molar-refractivity contribution in [3.05, 3.63) is 23.8 Å². The summed E-state index contributed by atoms with van der Waals surface area (Å²) in [7, 11) is 0. The maximum Gasteiger partial charge on any atom is 0.347 e. The first-order chi connectivity index (χ1) is 8.62. The third kappa shape index (κ3) is 3.48. The molecule has 0 saturated carbocycles. The van der Waals surface area contributed by atoms with Gasteiger partial charge in [-0.15, -0.1) is 0 Å². The summed E-state index contributed by atoms with van der Waals surface area (Å²) in [6.45, 7) is 3.80. The van der Waals surface area contributed by atoms with Crippen LogP contribution in [0, 0.1) is 0 Å². The molecule has 0 amide bonds. The molecular weight excluding hydrogens is 236 g/mol. The minimum atomic E-state index is -0.714. The molecule has 0 fully saturated rings. The van der Waals surface area contributed by atoms with Crippen molar-refractivity contribution in [2.75, 3.05) is 6.61 Å². The lowest BCUT2D eigenvalue weighted by Crippen LogP contribution is -2.28. The van der Waals surface area contributed by atoms with Crippen molar-refractivity contribution in [1.29, 1.82) is 0 Å². The molecule has 0 aliphatic heterocycles. The zero-order chi connectivity index (χ0) is 13.5. The molecule has 98 valence electrons. The van der Waals surface area contributed by atoms with E-state index in [9.17, 15) is 14.7 Å². The number of rotatable bonds is 6. The zero-order valence-electron chi connectivity index (χ0n) is 10.4. The van der Waals surface area contributed by atoms with Crippen molar-refractivity contribution in [3.8, 4) is 11.5 Å². The first-order valence-electron chi connectivity index (χ1n) is 5.73. The Balaban J connectivity index is 2.81. The van der Waals surface area contributed by atoms with Gasteiger partial charge in [0.15, 0.2) is 12.4 Å². The topological polar surface area (TPSA) is 72.8 Å². The third-order valence-corrected chi connectivity index (χ3v) is 2.32. The molecule has 0 aliphatic rings. The Bertz CT molecular complexity index is 427. The van der Waals surface area contributed by atoms with E-state index in [-0.39, 0.29) is 17.9 Å². The van der Waals surface area contributed by atoms with Crippen molar-refractivity contribution in [2.45, 2.75) is 26.4 Å². The summed E-state index contributed by atoms with van der Waals surface area (Å²) >= 11 is 0. The average molecular weight is 252 g/mol. The van der Waals surface area contributed by atoms with Gasteiger partial charge in [-0.05, 0) is 31.5 Å². The monoisotopic (exact) mass is 252 g/mol. The number of hydrogen-bond donors (Lipinski definition) is 1. The lowest BCUT2D eigenvalue weighted by molar-refractivity contribution is -0.151. The smallest absolute Gasteiger partial charge is 0.347 e. The number of carbonyl (C=O) groups excluding carboxylic acids is 2. The van der Waals surface area contributed by atoms with Crippen LogP contribution in [0.1, 0.15) is 30.6 Å². The van der Waals surface area contributed by atoms with Crippen LogP contribution in [0.15, 0.2) is 18.2 Å². The molecular formula is C13H16O5. The Morgan fingerprint density at radius 2 is 2.17 bits per heavy atom. The fraction of sp³-hybridized carbons (Fsp3) is 0.385. The summed E-state index contributed by atoms with van der Waals surface area (Å²) in [5.74, 6) is -0.225. The number of benzene rings is 1. The molecule has 1 rings (SSSR count). The van der Waals surface area contributed by atoms with Gasteiger partial charge in [0.2, 0.25) is 0 Å². The van der Waals surface area contributed by atoms with Crippen LogP contribution >= 0.6 is 0 Å². The molecule has 5 nitrogen and oxygen atoms in total. The van der Waals surface area contributed by atoms with Crippen LogP contribution in [0.2, 0.25) is 0 Å². The van der Waals surface area contributed by atoms with Gasteiger partial charge in [-0.3, -0.25) is 4.79 Å². The predicted octanol–water partition coefficient (Wildman–Crippen LogP) is 1.93. The molecule has 1 atom stereocenters. The van der Waals surface area contributed by atoms with Crippen molar-refractivity contribution >= 4 is 12.3 Å². The maximum atomic E-state index is 11.5. The van der Waals surface area contributed by atoms with E-state index in [0.29, 0.717) is 18.5 Å². The molecule has 1 unspecified atom stereocenters. The summed E-state index contributed by atoms with van der Waals surface area (Å²) < 4.78 is 10.3. The van der Waals surface area contributed by atoms with Crippen LogP contribution in [0.5, 0.6) is 11.5 Å². The Labute approximate surface area is 105 Å². The molecule has 1 N–H and O–H groups in total. The molecule has 0 spiro atoms. The fourth-order valence-electron chi connectivity index (χ4n) is 1.40. The lowest BCUT2D eigenvalue weighted by Gasteiger charge is -2.16. The second-order valence-corrected chi connectivity index (χ2v) is 3.61. The van der Waals surface area contributed by atoms with E-state index in [0.717, 1.165) is 0 Å². The van der Waals surface area contributed by atoms with Crippen LogP contribution in [-0.2, 0) is 9.53 Å². The highest BCUT2D eigenvalue weighted by atomic mass is 16.6. The Morgan fingerprint density at radius 1 is 1.44 bits per heavy atom. The number of carbonyl (C=O) groups is 2. The number of phenolic OH excluding ortho intramolecular Hbond substituents is 1.